The summed E-state index contributed by atoms with van der Waals surface area (Å²) in [5.41, 5.74) is -1.03. The van der Waals surface area contributed by atoms with E-state index in [0.717, 1.165) is 6.42 Å². The monoisotopic (exact) mass is 538 g/mol. The molecule has 0 nitrogen and oxygen atoms in total. The molecule has 0 bridgehead atoms. The molecule has 0 aromatic heterocycles. The molecule has 0 amide bonds. The van der Waals surface area contributed by atoms with Crippen LogP contribution in [-0.2, 0) is 0 Å². The fourth-order valence-corrected chi connectivity index (χ4v) is 16.6. The van der Waals surface area contributed by atoms with E-state index in [1.165, 1.54) is 0 Å². The summed E-state index contributed by atoms with van der Waals surface area (Å²) in [6.45, 7) is 1.94. The number of rotatable bonds is 6. The standard InChI is InChI=1S/C25H39F9Si/c1-2-3-13-35(20-10-4-7-17(14-20)23(26,27)28,21-11-5-8-18(15-21)24(29,30)31)22-12-6-9-19(16-22)25(32,33)34/h17-22H,2-16H2,1H3/t17-,18-,19+,20+,21+,22+/m0/s1. The van der Waals surface area contributed by atoms with Gasteiger partial charge < -0.3 is 0 Å². The van der Waals surface area contributed by atoms with Gasteiger partial charge in [0.05, 0.1) is 25.8 Å². The highest BCUT2D eigenvalue weighted by molar-refractivity contribution is 6.84. The van der Waals surface area contributed by atoms with Crippen LogP contribution in [0.4, 0.5) is 39.5 Å². The van der Waals surface area contributed by atoms with Crippen molar-refractivity contribution in [2.24, 2.45) is 17.8 Å². The molecule has 0 aliphatic heterocycles. The number of unbranched alkanes of at least 4 members (excludes halogenated alkanes) is 1. The first-order chi connectivity index (χ1) is 16.2. The van der Waals surface area contributed by atoms with E-state index in [1.807, 2.05) is 6.92 Å². The van der Waals surface area contributed by atoms with Crippen LogP contribution in [-0.4, -0.2) is 26.6 Å². The van der Waals surface area contributed by atoms with Crippen LogP contribution in [0.15, 0.2) is 0 Å². The van der Waals surface area contributed by atoms with Crippen molar-refractivity contribution in [3.8, 4) is 0 Å². The van der Waals surface area contributed by atoms with Crippen molar-refractivity contribution < 1.29 is 39.5 Å². The Morgan fingerprint density at radius 1 is 0.543 bits per heavy atom. The third-order valence-corrected chi connectivity index (χ3v) is 17.0. The minimum atomic E-state index is -4.37. The normalized spacial score (nSPS) is 34.1. The second kappa shape index (κ2) is 11.1. The molecule has 0 N–H and O–H groups in total. The lowest BCUT2D eigenvalue weighted by Crippen LogP contribution is -2.54. The Hall–Kier alpha value is -0.413. The Morgan fingerprint density at radius 3 is 1.11 bits per heavy atom. The van der Waals surface area contributed by atoms with Crippen LogP contribution in [0.2, 0.25) is 22.7 Å². The first kappa shape index (κ1) is 29.1. The summed E-state index contributed by atoms with van der Waals surface area (Å²) in [4.78, 5) is 0. The third-order valence-electron chi connectivity index (χ3n) is 9.65. The summed E-state index contributed by atoms with van der Waals surface area (Å²) in [5.74, 6) is -4.46. The zero-order valence-electron chi connectivity index (χ0n) is 20.5. The van der Waals surface area contributed by atoms with E-state index in [0.29, 0.717) is 51.0 Å². The van der Waals surface area contributed by atoms with Gasteiger partial charge in [0.15, 0.2) is 0 Å². The first-order valence-electron chi connectivity index (χ1n) is 13.4. The minimum absolute atomic E-state index is 0.0178. The predicted octanol–water partition coefficient (Wildman–Crippen LogP) is 10.6. The summed E-state index contributed by atoms with van der Waals surface area (Å²) in [6, 6.07) is 0.573. The maximum atomic E-state index is 13.8. The quantitative estimate of drug-likeness (QED) is 0.233. The van der Waals surface area contributed by atoms with Crippen LogP contribution in [0.3, 0.4) is 0 Å². The van der Waals surface area contributed by atoms with Crippen molar-refractivity contribution in [2.75, 3.05) is 0 Å². The Bertz CT molecular complexity index is 586. The first-order valence-corrected chi connectivity index (χ1v) is 15.8. The highest BCUT2D eigenvalue weighted by atomic mass is 28.3. The summed E-state index contributed by atoms with van der Waals surface area (Å²) >= 11 is 0. The van der Waals surface area contributed by atoms with Crippen molar-refractivity contribution >= 4 is 8.07 Å². The Kier molecular flexibility index (Phi) is 9.28. The van der Waals surface area contributed by atoms with Crippen molar-refractivity contribution in [1.82, 2.24) is 0 Å². The van der Waals surface area contributed by atoms with E-state index < -0.39 is 44.4 Å². The summed E-state index contributed by atoms with van der Waals surface area (Å²) in [5, 5.41) is 0. The Labute approximate surface area is 203 Å². The fourth-order valence-electron chi connectivity index (χ4n) is 8.02. The highest BCUT2D eigenvalue weighted by Gasteiger charge is 2.59. The average molecular weight is 539 g/mol. The molecule has 0 saturated heterocycles. The molecule has 3 rings (SSSR count). The predicted molar refractivity (Wildman–Crippen MR) is 121 cm³/mol. The van der Waals surface area contributed by atoms with Gasteiger partial charge in [-0.3, -0.25) is 0 Å². The molecule has 0 spiro atoms. The van der Waals surface area contributed by atoms with E-state index in [2.05, 4.69) is 0 Å². The highest BCUT2D eigenvalue weighted by Crippen LogP contribution is 2.63. The van der Waals surface area contributed by atoms with E-state index in [9.17, 15) is 39.5 Å². The minimum Gasteiger partial charge on any atom is -0.171 e. The van der Waals surface area contributed by atoms with Gasteiger partial charge in [-0.05, 0) is 55.1 Å². The maximum Gasteiger partial charge on any atom is 0.391 e. The molecular weight excluding hydrogens is 499 g/mol. The molecule has 10 heteroatoms. The van der Waals surface area contributed by atoms with Crippen molar-refractivity contribution in [1.29, 1.82) is 0 Å². The van der Waals surface area contributed by atoms with Crippen LogP contribution in [0.5, 0.6) is 0 Å². The Morgan fingerprint density at radius 2 is 0.857 bits per heavy atom. The molecule has 35 heavy (non-hydrogen) atoms. The van der Waals surface area contributed by atoms with E-state index in [4.69, 9.17) is 0 Å². The SMILES string of the molecule is CCCC[Si]([C@@H]1CCC[C@@H](C(F)(F)F)C1)([C@@H]1CCC[C@H](C(F)(F)F)C1)[C@@H]1CCC[C@H](C(F)(F)F)C1. The van der Waals surface area contributed by atoms with Gasteiger partial charge in [-0.15, -0.1) is 0 Å². The van der Waals surface area contributed by atoms with Crippen molar-refractivity contribution in [2.45, 2.75) is 138 Å². The summed E-state index contributed by atoms with van der Waals surface area (Å²) in [6.07, 6.45) is -9.24. The van der Waals surface area contributed by atoms with Gasteiger partial charge in [-0.25, -0.2) is 0 Å². The molecule has 0 heterocycles. The fraction of sp³-hybridized carbons (Fsp3) is 1.00. The number of hydrogen-bond donors (Lipinski definition) is 0. The van der Waals surface area contributed by atoms with Crippen LogP contribution in [0.25, 0.3) is 0 Å². The molecule has 6 atom stereocenters. The summed E-state index contributed by atoms with van der Waals surface area (Å²) in [7, 11) is -2.98. The molecule has 0 aromatic carbocycles. The molecule has 3 fully saturated rings. The lowest BCUT2D eigenvalue weighted by Gasteiger charge is -2.56. The van der Waals surface area contributed by atoms with Gasteiger partial charge in [-0.2, -0.15) is 39.5 Å². The van der Waals surface area contributed by atoms with Gasteiger partial charge in [0.2, 0.25) is 0 Å². The van der Waals surface area contributed by atoms with Gasteiger partial charge in [0, 0.05) is 0 Å². The average Bonchev–Trinajstić information content (AvgIpc) is 2.79. The number of halogens is 9. The second-order valence-electron chi connectivity index (χ2n) is 11.5. The lowest BCUT2D eigenvalue weighted by atomic mass is 9.87. The van der Waals surface area contributed by atoms with Gasteiger partial charge >= 0.3 is 18.5 Å². The van der Waals surface area contributed by atoms with Crippen LogP contribution < -0.4 is 0 Å². The number of hydrogen-bond acceptors (Lipinski definition) is 0. The zero-order valence-corrected chi connectivity index (χ0v) is 21.5. The van der Waals surface area contributed by atoms with E-state index in [1.54, 1.807) is 0 Å². The van der Waals surface area contributed by atoms with Crippen LogP contribution in [0.1, 0.15) is 96.8 Å². The molecule has 3 aliphatic carbocycles. The molecule has 206 valence electrons. The topological polar surface area (TPSA) is 0 Å². The molecule has 3 aliphatic rings. The smallest absolute Gasteiger partial charge is 0.171 e. The zero-order chi connectivity index (χ0) is 26.1. The molecule has 0 aromatic rings. The van der Waals surface area contributed by atoms with E-state index in [-0.39, 0.29) is 55.1 Å². The molecular formula is C25H39F9Si. The van der Waals surface area contributed by atoms with Gasteiger partial charge in [-0.1, -0.05) is 64.3 Å². The lowest BCUT2D eigenvalue weighted by molar-refractivity contribution is -0.182. The van der Waals surface area contributed by atoms with Crippen LogP contribution >= 0.6 is 0 Å². The second-order valence-corrected chi connectivity index (χ2v) is 16.7. The molecule has 3 saturated carbocycles. The molecule has 0 radical (unpaired) electrons. The summed E-state index contributed by atoms with van der Waals surface area (Å²) < 4.78 is 124. The largest absolute Gasteiger partial charge is 0.391 e. The van der Waals surface area contributed by atoms with Gasteiger partial charge in [0.25, 0.3) is 0 Å². The molecule has 0 unspecified atom stereocenters. The third kappa shape index (κ3) is 6.73. The van der Waals surface area contributed by atoms with E-state index >= 15 is 0 Å². The Balaban J connectivity index is 2.05. The van der Waals surface area contributed by atoms with Crippen LogP contribution in [0, 0.1) is 17.8 Å². The maximum absolute atomic E-state index is 13.8. The van der Waals surface area contributed by atoms with Crippen molar-refractivity contribution in [3.05, 3.63) is 0 Å². The number of alkyl halides is 9. The van der Waals surface area contributed by atoms with Crippen molar-refractivity contribution in [3.63, 3.8) is 0 Å². The van der Waals surface area contributed by atoms with Gasteiger partial charge in [0.1, 0.15) is 0 Å².